The van der Waals surface area contributed by atoms with Crippen LogP contribution >= 0.6 is 0 Å². The molecule has 0 unspecified atom stereocenters. The number of hydrogen-bond donors (Lipinski definition) is 2. The minimum Gasteiger partial charge on any atom is -0.422 e. The summed E-state index contributed by atoms with van der Waals surface area (Å²) in [4.78, 5) is 6.27. The second-order valence-electron chi connectivity index (χ2n) is 3.62. The lowest BCUT2D eigenvalue weighted by molar-refractivity contribution is 0.424. The molecule has 2 heterocycles. The molecule has 0 fully saturated rings. The van der Waals surface area contributed by atoms with Gasteiger partial charge < -0.3 is 14.9 Å². The summed E-state index contributed by atoms with van der Waals surface area (Å²) >= 11 is 0. The van der Waals surface area contributed by atoms with E-state index in [0.29, 0.717) is 5.59 Å². The van der Waals surface area contributed by atoms with Crippen LogP contribution in [0.1, 0.15) is 12.0 Å². The summed E-state index contributed by atoms with van der Waals surface area (Å²) in [5.41, 5.74) is 1.50. The molecule has 5 heteroatoms. The van der Waals surface area contributed by atoms with Crippen molar-refractivity contribution in [1.82, 2.24) is 4.98 Å². The maximum absolute atomic E-state index is 8.99. The topological polar surface area (TPSA) is 56.6 Å². The van der Waals surface area contributed by atoms with E-state index < -0.39 is 7.12 Å². The van der Waals surface area contributed by atoms with E-state index in [1.54, 1.807) is 6.07 Å². The van der Waals surface area contributed by atoms with Crippen molar-refractivity contribution in [3.63, 3.8) is 0 Å². The molecule has 0 saturated heterocycles. The van der Waals surface area contributed by atoms with Gasteiger partial charge in [-0.05, 0) is 24.5 Å². The van der Waals surface area contributed by atoms with Gasteiger partial charge in [-0.2, -0.15) is 0 Å². The van der Waals surface area contributed by atoms with Crippen molar-refractivity contribution >= 4 is 18.5 Å². The summed E-state index contributed by atoms with van der Waals surface area (Å²) in [5, 5.41) is 18.0. The van der Waals surface area contributed by atoms with E-state index in [1.807, 2.05) is 18.0 Å². The number of rotatable bonds is 1. The van der Waals surface area contributed by atoms with Gasteiger partial charge >= 0.3 is 7.12 Å². The minimum absolute atomic E-state index is 0.317. The molecule has 0 radical (unpaired) electrons. The highest BCUT2D eigenvalue weighted by molar-refractivity contribution is 6.57. The maximum Gasteiger partial charge on any atom is 0.508 e. The normalized spacial score (nSPS) is 15.2. The molecule has 0 atom stereocenters. The molecule has 0 saturated carbocycles. The molecule has 0 aromatic carbocycles. The Bertz CT molecular complexity index is 344. The first-order valence-corrected chi connectivity index (χ1v) is 4.75. The molecule has 2 rings (SSSR count). The molecular formula is C9H13BN2O2. The van der Waals surface area contributed by atoms with Crippen LogP contribution in [-0.2, 0) is 6.42 Å². The Morgan fingerprint density at radius 3 is 2.93 bits per heavy atom. The van der Waals surface area contributed by atoms with Crippen LogP contribution < -0.4 is 10.5 Å². The first-order chi connectivity index (χ1) is 6.68. The van der Waals surface area contributed by atoms with Gasteiger partial charge in [0.25, 0.3) is 0 Å². The Morgan fingerprint density at radius 1 is 1.43 bits per heavy atom. The van der Waals surface area contributed by atoms with Crippen molar-refractivity contribution < 1.29 is 10.0 Å². The van der Waals surface area contributed by atoms with Crippen molar-refractivity contribution in [2.24, 2.45) is 0 Å². The molecule has 1 aromatic rings. The lowest BCUT2D eigenvalue weighted by Crippen LogP contribution is -2.36. The number of aryl methyl sites for hydroxylation is 1. The van der Waals surface area contributed by atoms with Crippen molar-refractivity contribution in [2.45, 2.75) is 12.8 Å². The summed E-state index contributed by atoms with van der Waals surface area (Å²) in [6.45, 7) is 0.977. The minimum atomic E-state index is -1.48. The Labute approximate surface area is 83.3 Å². The molecule has 74 valence electrons. The van der Waals surface area contributed by atoms with Crippen LogP contribution in [0.4, 0.5) is 5.82 Å². The van der Waals surface area contributed by atoms with Crippen LogP contribution in [0.15, 0.2) is 12.1 Å². The molecule has 1 aliphatic rings. The predicted molar refractivity (Wildman–Crippen MR) is 55.7 cm³/mol. The van der Waals surface area contributed by atoms with Crippen molar-refractivity contribution in [3.05, 3.63) is 17.7 Å². The maximum atomic E-state index is 8.99. The molecule has 0 aliphatic carbocycles. The summed E-state index contributed by atoms with van der Waals surface area (Å²) in [5.74, 6) is 0.877. The Hall–Kier alpha value is -1.07. The van der Waals surface area contributed by atoms with E-state index in [0.717, 1.165) is 25.2 Å². The average Bonchev–Trinajstić information content (AvgIpc) is 2.18. The van der Waals surface area contributed by atoms with Crippen LogP contribution in [0.5, 0.6) is 0 Å². The molecule has 1 aromatic heterocycles. The van der Waals surface area contributed by atoms with E-state index in [9.17, 15) is 0 Å². The first-order valence-electron chi connectivity index (χ1n) is 4.75. The predicted octanol–water partition coefficient (Wildman–Crippen LogP) is -0.856. The standard InChI is InChI=1S/C9H13BN2O2/c1-12-6-2-3-7-4-5-8(10(13)14)11-9(7)12/h4-5,13-14H,2-3,6H2,1H3. The molecule has 0 spiro atoms. The summed E-state index contributed by atoms with van der Waals surface area (Å²) in [6, 6.07) is 3.59. The van der Waals surface area contributed by atoms with Crippen molar-refractivity contribution in [1.29, 1.82) is 0 Å². The third-order valence-electron chi connectivity index (χ3n) is 2.54. The smallest absolute Gasteiger partial charge is 0.422 e. The Morgan fingerprint density at radius 2 is 2.21 bits per heavy atom. The number of nitrogens with zero attached hydrogens (tertiary/aromatic N) is 2. The van der Waals surface area contributed by atoms with E-state index in [1.165, 1.54) is 5.56 Å². The molecule has 1 aliphatic heterocycles. The number of fused-ring (bicyclic) bond motifs is 1. The van der Waals surface area contributed by atoms with E-state index in [2.05, 4.69) is 4.98 Å². The summed E-state index contributed by atoms with van der Waals surface area (Å²) < 4.78 is 0. The number of pyridine rings is 1. The van der Waals surface area contributed by atoms with E-state index in [4.69, 9.17) is 10.0 Å². The number of aromatic nitrogens is 1. The zero-order chi connectivity index (χ0) is 10.1. The highest BCUT2D eigenvalue weighted by Crippen LogP contribution is 2.21. The number of anilines is 1. The Kier molecular flexibility index (Phi) is 2.43. The van der Waals surface area contributed by atoms with Gasteiger partial charge in [0.15, 0.2) is 0 Å². The summed E-state index contributed by atoms with van der Waals surface area (Å²) in [7, 11) is 0.494. The third-order valence-corrected chi connectivity index (χ3v) is 2.54. The SMILES string of the molecule is CN1CCCc2ccc(B(O)O)nc21. The second-order valence-corrected chi connectivity index (χ2v) is 3.62. The lowest BCUT2D eigenvalue weighted by Gasteiger charge is -2.26. The summed E-state index contributed by atoms with van der Waals surface area (Å²) in [6.07, 6.45) is 2.15. The fourth-order valence-electron chi connectivity index (χ4n) is 1.77. The van der Waals surface area contributed by atoms with Crippen LogP contribution in [0.3, 0.4) is 0 Å². The highest BCUT2D eigenvalue weighted by atomic mass is 16.4. The third kappa shape index (κ3) is 1.60. The number of hydrogen-bond acceptors (Lipinski definition) is 4. The van der Waals surface area contributed by atoms with Crippen molar-refractivity contribution in [3.8, 4) is 0 Å². The van der Waals surface area contributed by atoms with Gasteiger partial charge in [0.2, 0.25) is 0 Å². The molecule has 14 heavy (non-hydrogen) atoms. The Balaban J connectivity index is 2.41. The monoisotopic (exact) mass is 192 g/mol. The van der Waals surface area contributed by atoms with Gasteiger partial charge in [-0.1, -0.05) is 6.07 Å². The largest absolute Gasteiger partial charge is 0.508 e. The lowest BCUT2D eigenvalue weighted by atomic mass is 9.85. The van der Waals surface area contributed by atoms with Gasteiger partial charge in [-0.25, -0.2) is 4.98 Å². The van der Waals surface area contributed by atoms with Gasteiger partial charge in [0.05, 0.1) is 5.59 Å². The second kappa shape index (κ2) is 3.59. The zero-order valence-corrected chi connectivity index (χ0v) is 8.14. The first kappa shape index (κ1) is 9.49. The quantitative estimate of drug-likeness (QED) is 0.568. The van der Waals surface area contributed by atoms with E-state index >= 15 is 0 Å². The molecule has 0 bridgehead atoms. The fraction of sp³-hybridized carbons (Fsp3) is 0.444. The van der Waals surface area contributed by atoms with E-state index in [-0.39, 0.29) is 0 Å². The van der Waals surface area contributed by atoms with Crippen LogP contribution in [-0.4, -0.2) is 35.7 Å². The zero-order valence-electron chi connectivity index (χ0n) is 8.14. The van der Waals surface area contributed by atoms with Crippen LogP contribution in [0.25, 0.3) is 0 Å². The molecular weight excluding hydrogens is 179 g/mol. The van der Waals surface area contributed by atoms with Gasteiger partial charge in [0, 0.05) is 13.6 Å². The molecule has 4 nitrogen and oxygen atoms in total. The van der Waals surface area contributed by atoms with Crippen molar-refractivity contribution in [2.75, 3.05) is 18.5 Å². The molecule has 0 amide bonds. The fourth-order valence-corrected chi connectivity index (χ4v) is 1.77. The van der Waals surface area contributed by atoms with Gasteiger partial charge in [0.1, 0.15) is 5.82 Å². The van der Waals surface area contributed by atoms with Gasteiger partial charge in [-0.15, -0.1) is 0 Å². The highest BCUT2D eigenvalue weighted by Gasteiger charge is 2.19. The molecule has 2 N–H and O–H groups in total. The van der Waals surface area contributed by atoms with Gasteiger partial charge in [-0.3, -0.25) is 0 Å². The van der Waals surface area contributed by atoms with Crippen LogP contribution in [0, 0.1) is 0 Å². The van der Waals surface area contributed by atoms with Crippen LogP contribution in [0.2, 0.25) is 0 Å². The average molecular weight is 192 g/mol.